The van der Waals surface area contributed by atoms with Crippen LogP contribution in [0.5, 0.6) is 0 Å². The van der Waals surface area contributed by atoms with Gasteiger partial charge in [-0.05, 0) is 35.9 Å². The van der Waals surface area contributed by atoms with Crippen molar-refractivity contribution in [2.75, 3.05) is 17.2 Å². The highest BCUT2D eigenvalue weighted by molar-refractivity contribution is 7.99. The Hall–Kier alpha value is -3.25. The summed E-state index contributed by atoms with van der Waals surface area (Å²) in [6, 6.07) is 22.5. The van der Waals surface area contributed by atoms with E-state index in [9.17, 15) is 9.59 Å². The monoisotopic (exact) mass is 401 g/mol. The number of amides is 2. The van der Waals surface area contributed by atoms with Gasteiger partial charge < -0.3 is 0 Å². The molecule has 0 N–H and O–H groups in total. The summed E-state index contributed by atoms with van der Waals surface area (Å²) in [6.45, 7) is 0.586. The molecule has 144 valence electrons. The van der Waals surface area contributed by atoms with Gasteiger partial charge in [-0.15, -0.1) is 11.8 Å². The highest BCUT2D eigenvalue weighted by atomic mass is 32.2. The summed E-state index contributed by atoms with van der Waals surface area (Å²) in [4.78, 5) is 37.1. The average Bonchev–Trinajstić information content (AvgIpc) is 2.77. The van der Waals surface area contributed by atoms with Crippen molar-refractivity contribution in [3.05, 3.63) is 90.1 Å². The van der Waals surface area contributed by atoms with Gasteiger partial charge in [0.2, 0.25) is 5.91 Å². The molecule has 6 heteroatoms. The van der Waals surface area contributed by atoms with E-state index >= 15 is 0 Å². The summed E-state index contributed by atoms with van der Waals surface area (Å²) < 4.78 is 0. The molecule has 0 fully saturated rings. The quantitative estimate of drug-likeness (QED) is 0.269. The molecule has 0 saturated heterocycles. The first-order valence-corrected chi connectivity index (χ1v) is 10.3. The van der Waals surface area contributed by atoms with Crippen LogP contribution in [0.3, 0.4) is 0 Å². The summed E-state index contributed by atoms with van der Waals surface area (Å²) >= 11 is 1.72. The molecular weight excluding hydrogens is 382 g/mol. The van der Waals surface area contributed by atoms with Crippen LogP contribution < -0.4 is 4.90 Å². The Morgan fingerprint density at radius 1 is 0.966 bits per heavy atom. The maximum absolute atomic E-state index is 13.2. The summed E-state index contributed by atoms with van der Waals surface area (Å²) in [5.41, 5.74) is 1.20. The van der Waals surface area contributed by atoms with Crippen LogP contribution in [0.1, 0.15) is 21.8 Å². The summed E-state index contributed by atoms with van der Waals surface area (Å²) in [5, 5.41) is 0. The van der Waals surface area contributed by atoms with Gasteiger partial charge in [0.1, 0.15) is 5.82 Å². The van der Waals surface area contributed by atoms with Crippen molar-refractivity contribution < 1.29 is 9.59 Å². The third kappa shape index (κ3) is 4.12. The number of hydrogen-bond acceptors (Lipinski definition) is 5. The highest BCUT2D eigenvalue weighted by Crippen LogP contribution is 2.31. The molecule has 1 aromatic heterocycles. The molecule has 1 aliphatic heterocycles. The smallest absolute Gasteiger partial charge is 0.266 e. The molecule has 2 heterocycles. The van der Waals surface area contributed by atoms with Crippen LogP contribution in [0.15, 0.2) is 88.9 Å². The molecule has 1 aliphatic rings. The number of anilines is 1. The lowest BCUT2D eigenvalue weighted by Crippen LogP contribution is -2.46. The van der Waals surface area contributed by atoms with E-state index in [0.717, 1.165) is 10.7 Å². The van der Waals surface area contributed by atoms with E-state index < -0.39 is 5.92 Å². The van der Waals surface area contributed by atoms with Crippen LogP contribution in [-0.4, -0.2) is 35.3 Å². The second kappa shape index (κ2) is 8.84. The largest absolute Gasteiger partial charge is 0.295 e. The summed E-state index contributed by atoms with van der Waals surface area (Å²) in [6.07, 6.45) is 3.23. The number of imide groups is 1. The van der Waals surface area contributed by atoms with Gasteiger partial charge in [0.05, 0.1) is 5.92 Å². The van der Waals surface area contributed by atoms with Crippen LogP contribution >= 0.6 is 11.8 Å². The number of pyridine rings is 1. The minimum absolute atomic E-state index is 0.327. The molecule has 4 rings (SSSR count). The molecule has 1 atom stereocenters. The Bertz CT molecular complexity index is 1040. The molecule has 5 nitrogen and oxygen atoms in total. The number of carbonyl (C=O) groups is 2. The number of rotatable bonds is 6. The topological polar surface area (TPSA) is 62.6 Å². The maximum atomic E-state index is 13.2. The van der Waals surface area contributed by atoms with Crippen LogP contribution in [0, 0.1) is 0 Å². The van der Waals surface area contributed by atoms with Crippen LogP contribution in [-0.2, 0) is 4.79 Å². The number of benzene rings is 2. The minimum atomic E-state index is -0.604. The molecule has 0 aliphatic carbocycles. The second-order valence-corrected chi connectivity index (χ2v) is 7.62. The molecule has 1 unspecified atom stereocenters. The Morgan fingerprint density at radius 3 is 2.52 bits per heavy atom. The van der Waals surface area contributed by atoms with E-state index in [4.69, 9.17) is 0 Å². The third-order valence-corrected chi connectivity index (χ3v) is 5.57. The summed E-state index contributed by atoms with van der Waals surface area (Å²) in [5.74, 6) is -0.144. The maximum Gasteiger partial charge on any atom is 0.266 e. The van der Waals surface area contributed by atoms with Crippen molar-refractivity contribution in [2.45, 2.75) is 10.8 Å². The fraction of sp³-hybridized carbons (Fsp3) is 0.130. The fourth-order valence-electron chi connectivity index (χ4n) is 3.22. The van der Waals surface area contributed by atoms with Crippen LogP contribution in [0.4, 0.5) is 5.82 Å². The molecule has 0 radical (unpaired) electrons. The zero-order valence-corrected chi connectivity index (χ0v) is 16.5. The molecule has 3 aromatic rings. The van der Waals surface area contributed by atoms with Crippen molar-refractivity contribution in [3.63, 3.8) is 0 Å². The van der Waals surface area contributed by atoms with Crippen molar-refractivity contribution in [2.24, 2.45) is 4.99 Å². The average molecular weight is 401 g/mol. The van der Waals surface area contributed by atoms with E-state index in [1.54, 1.807) is 54.5 Å². The van der Waals surface area contributed by atoms with Crippen LogP contribution in [0.25, 0.3) is 0 Å². The van der Waals surface area contributed by atoms with Crippen molar-refractivity contribution >= 4 is 35.6 Å². The van der Waals surface area contributed by atoms with E-state index in [1.807, 2.05) is 30.3 Å². The first-order chi connectivity index (χ1) is 14.3. The fourth-order valence-corrected chi connectivity index (χ4v) is 4.00. The van der Waals surface area contributed by atoms with Crippen molar-refractivity contribution in [3.8, 4) is 0 Å². The predicted octanol–water partition coefficient (Wildman–Crippen LogP) is 4.22. The standard InChI is InChI=1S/C23H19N3O2S/c27-22-19-11-5-4-10-18(19)20(23(28)26(22)21-12-6-7-13-25-21)16-24-14-15-29-17-8-2-1-3-9-17/h1-13,16,20H,14-15H2. The molecule has 2 aromatic carbocycles. The van der Waals surface area contributed by atoms with E-state index in [-0.39, 0.29) is 11.8 Å². The van der Waals surface area contributed by atoms with E-state index in [1.165, 1.54) is 4.90 Å². The Balaban J connectivity index is 1.54. The van der Waals surface area contributed by atoms with Gasteiger partial charge >= 0.3 is 0 Å². The minimum Gasteiger partial charge on any atom is -0.295 e. The van der Waals surface area contributed by atoms with E-state index in [0.29, 0.717) is 23.5 Å². The van der Waals surface area contributed by atoms with Crippen molar-refractivity contribution in [1.82, 2.24) is 4.98 Å². The van der Waals surface area contributed by atoms with Gasteiger partial charge in [-0.2, -0.15) is 0 Å². The number of fused-ring (bicyclic) bond motifs is 1. The lowest BCUT2D eigenvalue weighted by atomic mass is 9.89. The lowest BCUT2D eigenvalue weighted by Gasteiger charge is -2.30. The number of nitrogens with zero attached hydrogens (tertiary/aromatic N) is 3. The van der Waals surface area contributed by atoms with Gasteiger partial charge in [0.25, 0.3) is 5.91 Å². The van der Waals surface area contributed by atoms with Gasteiger partial charge in [-0.25, -0.2) is 9.88 Å². The number of aromatic nitrogens is 1. The van der Waals surface area contributed by atoms with Gasteiger partial charge in [0, 0.05) is 35.2 Å². The Morgan fingerprint density at radius 2 is 1.72 bits per heavy atom. The molecule has 0 saturated carbocycles. The highest BCUT2D eigenvalue weighted by Gasteiger charge is 2.39. The number of hydrogen-bond donors (Lipinski definition) is 0. The molecular formula is C23H19N3O2S. The normalized spacial score (nSPS) is 16.3. The van der Waals surface area contributed by atoms with Gasteiger partial charge in [0.15, 0.2) is 0 Å². The summed E-state index contributed by atoms with van der Waals surface area (Å²) in [7, 11) is 0. The SMILES string of the molecule is O=C1c2ccccc2C(C=NCCSc2ccccc2)C(=O)N1c1ccccn1. The third-order valence-electron chi connectivity index (χ3n) is 4.58. The molecule has 29 heavy (non-hydrogen) atoms. The Kier molecular flexibility index (Phi) is 5.81. The van der Waals surface area contributed by atoms with E-state index in [2.05, 4.69) is 22.1 Å². The zero-order valence-electron chi connectivity index (χ0n) is 15.6. The number of carbonyl (C=O) groups excluding carboxylic acids is 2. The lowest BCUT2D eigenvalue weighted by molar-refractivity contribution is -0.118. The molecule has 0 spiro atoms. The van der Waals surface area contributed by atoms with Crippen molar-refractivity contribution in [1.29, 1.82) is 0 Å². The Labute approximate surface area is 173 Å². The van der Waals surface area contributed by atoms with Crippen LogP contribution in [0.2, 0.25) is 0 Å². The first-order valence-electron chi connectivity index (χ1n) is 9.32. The van der Waals surface area contributed by atoms with Gasteiger partial charge in [-0.3, -0.25) is 14.6 Å². The molecule has 0 bridgehead atoms. The molecule has 2 amide bonds. The van der Waals surface area contributed by atoms with Gasteiger partial charge in [-0.1, -0.05) is 42.5 Å². The zero-order chi connectivity index (χ0) is 20.1. The predicted molar refractivity (Wildman–Crippen MR) is 116 cm³/mol. The second-order valence-electron chi connectivity index (χ2n) is 6.45. The first kappa shape index (κ1) is 19.1. The number of aliphatic imine (C=N–C) groups is 1. The number of thioether (sulfide) groups is 1.